The number of nitrogens with zero attached hydrogens (tertiary/aromatic N) is 3. The molecule has 1 aliphatic rings. The first-order valence-electron chi connectivity index (χ1n) is 6.94. The Bertz CT molecular complexity index is 615. The summed E-state index contributed by atoms with van der Waals surface area (Å²) in [6.07, 6.45) is 0. The average Bonchev–Trinajstić information content (AvgIpc) is 2.46. The van der Waals surface area contributed by atoms with E-state index in [4.69, 9.17) is 0 Å². The molecule has 1 aromatic rings. The summed E-state index contributed by atoms with van der Waals surface area (Å²) in [4.78, 5) is 13.0. The Hall–Kier alpha value is -1.31. The van der Waals surface area contributed by atoms with Crippen LogP contribution < -0.4 is 0 Å². The van der Waals surface area contributed by atoms with Gasteiger partial charge in [-0.3, -0.25) is 4.90 Å². The number of piperazine rings is 1. The summed E-state index contributed by atoms with van der Waals surface area (Å²) in [5, 5.41) is 2.82. The summed E-state index contributed by atoms with van der Waals surface area (Å²) >= 11 is 0. The van der Waals surface area contributed by atoms with Crippen LogP contribution in [0, 0.1) is 4.91 Å². The van der Waals surface area contributed by atoms with Gasteiger partial charge in [0.05, 0.1) is 0 Å². The third kappa shape index (κ3) is 3.30. The van der Waals surface area contributed by atoms with Gasteiger partial charge in [-0.1, -0.05) is 12.1 Å². The molecule has 0 bridgehead atoms. The van der Waals surface area contributed by atoms with Crippen molar-refractivity contribution in [2.75, 3.05) is 26.2 Å². The van der Waals surface area contributed by atoms with Crippen LogP contribution in [0.5, 0.6) is 0 Å². The summed E-state index contributed by atoms with van der Waals surface area (Å²) in [7, 11) is -3.66. The standard InChI is InChI=1S/C14H21N3O3S/c1-14(2,3)16-8-10-17(11-9-16)21(19,20)13-7-5-4-6-12(13)15-18/h4-7H,8-11H2,1-3H3. The van der Waals surface area contributed by atoms with Crippen molar-refractivity contribution in [2.24, 2.45) is 5.18 Å². The lowest BCUT2D eigenvalue weighted by Crippen LogP contribution is -2.54. The SMILES string of the molecule is CC(C)(C)N1CCN(S(=O)(=O)c2ccccc2N=O)CC1. The van der Waals surface area contributed by atoms with Crippen LogP contribution in [-0.2, 0) is 10.0 Å². The van der Waals surface area contributed by atoms with E-state index in [1.54, 1.807) is 12.1 Å². The van der Waals surface area contributed by atoms with Crippen LogP contribution in [0.15, 0.2) is 34.3 Å². The Labute approximate surface area is 125 Å². The zero-order valence-electron chi connectivity index (χ0n) is 12.6. The molecule has 1 aliphatic heterocycles. The van der Waals surface area contributed by atoms with Crippen molar-refractivity contribution in [3.05, 3.63) is 29.2 Å². The molecule has 0 saturated carbocycles. The van der Waals surface area contributed by atoms with E-state index < -0.39 is 10.0 Å². The maximum atomic E-state index is 12.6. The van der Waals surface area contributed by atoms with Gasteiger partial charge in [0.15, 0.2) is 0 Å². The molecule has 0 unspecified atom stereocenters. The third-order valence-electron chi connectivity index (χ3n) is 3.77. The minimum absolute atomic E-state index is 0.00999. The Morgan fingerprint density at radius 3 is 2.14 bits per heavy atom. The molecule has 0 N–H and O–H groups in total. The van der Waals surface area contributed by atoms with Crippen molar-refractivity contribution < 1.29 is 8.42 Å². The molecule has 0 radical (unpaired) electrons. The number of rotatable bonds is 3. The third-order valence-corrected chi connectivity index (χ3v) is 5.71. The molecular formula is C14H21N3O3S. The number of hydrogen-bond donors (Lipinski definition) is 0. The molecule has 0 atom stereocenters. The Kier molecular flexibility index (Phi) is 4.46. The maximum absolute atomic E-state index is 12.6. The van der Waals surface area contributed by atoms with E-state index in [9.17, 15) is 13.3 Å². The molecule has 6 nitrogen and oxygen atoms in total. The first-order valence-corrected chi connectivity index (χ1v) is 8.38. The first-order chi connectivity index (χ1) is 9.76. The Morgan fingerprint density at radius 2 is 1.62 bits per heavy atom. The van der Waals surface area contributed by atoms with E-state index in [1.165, 1.54) is 16.4 Å². The maximum Gasteiger partial charge on any atom is 0.245 e. The van der Waals surface area contributed by atoms with Crippen LogP contribution in [0.4, 0.5) is 5.69 Å². The summed E-state index contributed by atoms with van der Waals surface area (Å²) in [6, 6.07) is 6.06. The average molecular weight is 311 g/mol. The van der Waals surface area contributed by atoms with Gasteiger partial charge in [0.2, 0.25) is 10.0 Å². The Morgan fingerprint density at radius 1 is 1.05 bits per heavy atom. The van der Waals surface area contributed by atoms with E-state index >= 15 is 0 Å². The highest BCUT2D eigenvalue weighted by molar-refractivity contribution is 7.89. The smallest absolute Gasteiger partial charge is 0.245 e. The lowest BCUT2D eigenvalue weighted by Gasteiger charge is -2.41. The molecule has 1 heterocycles. The number of hydrogen-bond acceptors (Lipinski definition) is 5. The first kappa shape index (κ1) is 16.1. The summed E-state index contributed by atoms with van der Waals surface area (Å²) in [5.74, 6) is 0. The van der Waals surface area contributed by atoms with Crippen LogP contribution in [0.2, 0.25) is 0 Å². The number of benzene rings is 1. The fourth-order valence-electron chi connectivity index (χ4n) is 2.49. The second-order valence-corrected chi connectivity index (χ2v) is 8.03. The predicted octanol–water partition coefficient (Wildman–Crippen LogP) is 2.19. The molecular weight excluding hydrogens is 290 g/mol. The molecule has 7 heteroatoms. The minimum atomic E-state index is -3.66. The lowest BCUT2D eigenvalue weighted by atomic mass is 10.1. The van der Waals surface area contributed by atoms with Crippen molar-refractivity contribution in [3.8, 4) is 0 Å². The van der Waals surface area contributed by atoms with Gasteiger partial charge in [-0.2, -0.15) is 4.31 Å². The molecule has 116 valence electrons. The van der Waals surface area contributed by atoms with Crippen molar-refractivity contribution in [1.29, 1.82) is 0 Å². The topological polar surface area (TPSA) is 70.1 Å². The zero-order chi connectivity index (χ0) is 15.7. The normalized spacial score (nSPS) is 18.6. The monoisotopic (exact) mass is 311 g/mol. The Balaban J connectivity index is 2.21. The van der Waals surface area contributed by atoms with Crippen molar-refractivity contribution in [1.82, 2.24) is 9.21 Å². The van der Waals surface area contributed by atoms with Gasteiger partial charge in [-0.15, -0.1) is 4.91 Å². The van der Waals surface area contributed by atoms with Crippen LogP contribution in [0.1, 0.15) is 20.8 Å². The van der Waals surface area contributed by atoms with Crippen molar-refractivity contribution in [3.63, 3.8) is 0 Å². The van der Waals surface area contributed by atoms with E-state index in [2.05, 4.69) is 30.8 Å². The largest absolute Gasteiger partial charge is 0.296 e. The molecule has 0 aliphatic carbocycles. The van der Waals surface area contributed by atoms with Crippen LogP contribution in [0.3, 0.4) is 0 Å². The number of sulfonamides is 1. The minimum Gasteiger partial charge on any atom is -0.296 e. The fraction of sp³-hybridized carbons (Fsp3) is 0.571. The van der Waals surface area contributed by atoms with E-state index in [0.717, 1.165) is 0 Å². The molecule has 21 heavy (non-hydrogen) atoms. The molecule has 1 fully saturated rings. The van der Waals surface area contributed by atoms with Crippen molar-refractivity contribution in [2.45, 2.75) is 31.2 Å². The molecule has 0 aromatic heterocycles. The van der Waals surface area contributed by atoms with Gasteiger partial charge in [0.25, 0.3) is 0 Å². The van der Waals surface area contributed by atoms with Crippen LogP contribution >= 0.6 is 0 Å². The fourth-order valence-corrected chi connectivity index (χ4v) is 4.03. The second kappa shape index (κ2) is 5.82. The highest BCUT2D eigenvalue weighted by Gasteiger charge is 2.33. The summed E-state index contributed by atoms with van der Waals surface area (Å²) in [5.41, 5.74) is -0.00581. The molecule has 1 aromatic carbocycles. The highest BCUT2D eigenvalue weighted by Crippen LogP contribution is 2.28. The summed E-state index contributed by atoms with van der Waals surface area (Å²) < 4.78 is 26.7. The van der Waals surface area contributed by atoms with Gasteiger partial charge in [0, 0.05) is 31.7 Å². The van der Waals surface area contributed by atoms with Gasteiger partial charge >= 0.3 is 0 Å². The predicted molar refractivity (Wildman–Crippen MR) is 82.0 cm³/mol. The zero-order valence-corrected chi connectivity index (χ0v) is 13.4. The van der Waals surface area contributed by atoms with Gasteiger partial charge in [-0.05, 0) is 38.1 Å². The molecule has 0 spiro atoms. The molecule has 1 saturated heterocycles. The van der Waals surface area contributed by atoms with E-state index in [-0.39, 0.29) is 16.1 Å². The molecule has 2 rings (SSSR count). The van der Waals surface area contributed by atoms with Crippen LogP contribution in [-0.4, -0.2) is 49.3 Å². The van der Waals surface area contributed by atoms with Gasteiger partial charge < -0.3 is 0 Å². The quantitative estimate of drug-likeness (QED) is 0.802. The molecule has 0 amide bonds. The second-order valence-electron chi connectivity index (χ2n) is 6.12. The van der Waals surface area contributed by atoms with Crippen molar-refractivity contribution >= 4 is 15.7 Å². The number of nitroso groups, excluding NO2 is 1. The summed E-state index contributed by atoms with van der Waals surface area (Å²) in [6.45, 7) is 8.55. The highest BCUT2D eigenvalue weighted by atomic mass is 32.2. The lowest BCUT2D eigenvalue weighted by molar-refractivity contribution is 0.0922. The van der Waals surface area contributed by atoms with Gasteiger partial charge in [0.1, 0.15) is 10.6 Å². The van der Waals surface area contributed by atoms with E-state index in [1.807, 2.05) is 0 Å². The van der Waals surface area contributed by atoms with E-state index in [0.29, 0.717) is 26.2 Å². The van der Waals surface area contributed by atoms with Crippen LogP contribution in [0.25, 0.3) is 0 Å². The van der Waals surface area contributed by atoms with Gasteiger partial charge in [-0.25, -0.2) is 8.42 Å².